The molecule has 6 nitrogen and oxygen atoms in total. The number of nitrogens with one attached hydrogen (secondary N) is 1. The van der Waals surface area contributed by atoms with Crippen LogP contribution >= 0.6 is 0 Å². The third-order valence-electron chi connectivity index (χ3n) is 5.69. The van der Waals surface area contributed by atoms with E-state index >= 15 is 0 Å². The van der Waals surface area contributed by atoms with Crippen LogP contribution in [0.5, 0.6) is 0 Å². The summed E-state index contributed by atoms with van der Waals surface area (Å²) in [6.07, 6.45) is 0.447. The lowest BCUT2D eigenvalue weighted by molar-refractivity contribution is -0.133. The molecule has 1 saturated heterocycles. The molecule has 0 unspecified atom stereocenters. The highest BCUT2D eigenvalue weighted by Crippen LogP contribution is 2.15. The van der Waals surface area contributed by atoms with Crippen molar-refractivity contribution in [2.45, 2.75) is 33.6 Å². The van der Waals surface area contributed by atoms with Crippen molar-refractivity contribution in [3.8, 4) is 0 Å². The van der Waals surface area contributed by atoms with E-state index in [4.69, 9.17) is 0 Å². The first-order valence-electron chi connectivity index (χ1n) is 10.8. The summed E-state index contributed by atoms with van der Waals surface area (Å²) in [6, 6.07) is 13.5. The maximum Gasteiger partial charge on any atom is 0.238 e. The number of Topliss-reactive ketones (excluding diaryl/α,β-unsaturated/α-hetero) is 1. The van der Waals surface area contributed by atoms with Crippen molar-refractivity contribution in [3.63, 3.8) is 0 Å². The maximum absolute atomic E-state index is 12.6. The Morgan fingerprint density at radius 1 is 0.839 bits per heavy atom. The van der Waals surface area contributed by atoms with Gasteiger partial charge in [-0.15, -0.1) is 0 Å². The SMILES string of the molecule is Cc1ccc(NC(=O)CN2CCN(C(=O)CCC(=O)c3cc(C)ccc3C)CC2)cc1. The van der Waals surface area contributed by atoms with Gasteiger partial charge in [-0.2, -0.15) is 0 Å². The van der Waals surface area contributed by atoms with E-state index in [2.05, 4.69) is 10.2 Å². The number of hydrogen-bond donors (Lipinski definition) is 1. The van der Waals surface area contributed by atoms with Gasteiger partial charge in [0.1, 0.15) is 0 Å². The van der Waals surface area contributed by atoms with Crippen LogP contribution in [0, 0.1) is 20.8 Å². The average molecular weight is 422 g/mol. The number of amides is 2. The first-order valence-corrected chi connectivity index (χ1v) is 10.8. The molecule has 164 valence electrons. The minimum absolute atomic E-state index is 0.00223. The zero-order chi connectivity index (χ0) is 22.4. The van der Waals surface area contributed by atoms with Gasteiger partial charge in [0.15, 0.2) is 5.78 Å². The van der Waals surface area contributed by atoms with Crippen molar-refractivity contribution >= 4 is 23.3 Å². The van der Waals surface area contributed by atoms with Gasteiger partial charge < -0.3 is 10.2 Å². The fourth-order valence-corrected chi connectivity index (χ4v) is 3.75. The Kier molecular flexibility index (Phi) is 7.58. The number of nitrogens with zero attached hydrogens (tertiary/aromatic N) is 2. The molecule has 0 atom stereocenters. The summed E-state index contributed by atoms with van der Waals surface area (Å²) >= 11 is 0. The highest BCUT2D eigenvalue weighted by molar-refractivity contribution is 5.99. The molecule has 1 heterocycles. The third kappa shape index (κ3) is 6.49. The number of benzene rings is 2. The van der Waals surface area contributed by atoms with Crippen molar-refractivity contribution in [3.05, 3.63) is 64.7 Å². The van der Waals surface area contributed by atoms with Crippen molar-refractivity contribution in [1.82, 2.24) is 9.80 Å². The monoisotopic (exact) mass is 421 g/mol. The van der Waals surface area contributed by atoms with E-state index in [9.17, 15) is 14.4 Å². The highest BCUT2D eigenvalue weighted by atomic mass is 16.2. The molecule has 1 aliphatic rings. The zero-order valence-electron chi connectivity index (χ0n) is 18.6. The Balaban J connectivity index is 1.41. The smallest absolute Gasteiger partial charge is 0.238 e. The van der Waals surface area contributed by atoms with Crippen molar-refractivity contribution in [2.75, 3.05) is 38.0 Å². The normalized spacial score (nSPS) is 14.4. The minimum atomic E-state index is -0.0530. The predicted molar refractivity (Wildman–Crippen MR) is 122 cm³/mol. The number of rotatable bonds is 7. The molecule has 0 saturated carbocycles. The fraction of sp³-hybridized carbons (Fsp3) is 0.400. The number of hydrogen-bond acceptors (Lipinski definition) is 4. The van der Waals surface area contributed by atoms with Crippen molar-refractivity contribution < 1.29 is 14.4 Å². The van der Waals surface area contributed by atoms with Crippen LogP contribution in [0.15, 0.2) is 42.5 Å². The Hall–Kier alpha value is -2.99. The van der Waals surface area contributed by atoms with Gasteiger partial charge in [0.2, 0.25) is 11.8 Å². The summed E-state index contributed by atoms with van der Waals surface area (Å²) in [4.78, 5) is 41.2. The van der Waals surface area contributed by atoms with Crippen molar-refractivity contribution in [1.29, 1.82) is 0 Å². The summed E-state index contributed by atoms with van der Waals surface area (Å²) in [7, 11) is 0. The van der Waals surface area contributed by atoms with Crippen LogP contribution in [0.3, 0.4) is 0 Å². The molecule has 2 aromatic carbocycles. The van der Waals surface area contributed by atoms with Crippen LogP contribution in [0.4, 0.5) is 5.69 Å². The predicted octanol–water partition coefficient (Wildman–Crippen LogP) is 3.36. The van der Waals surface area contributed by atoms with E-state index in [1.165, 1.54) is 0 Å². The number of carbonyl (C=O) groups excluding carboxylic acids is 3. The number of piperazine rings is 1. The Bertz CT molecular complexity index is 945. The lowest BCUT2D eigenvalue weighted by atomic mass is 9.99. The van der Waals surface area contributed by atoms with Gasteiger partial charge in [0.25, 0.3) is 0 Å². The quantitative estimate of drug-likeness (QED) is 0.696. The standard InChI is InChI=1S/C25H31N3O3/c1-18-5-8-21(9-6-18)26-24(30)17-27-12-14-28(15-13-27)25(31)11-10-23(29)22-16-19(2)4-7-20(22)3/h4-9,16H,10-15,17H2,1-3H3,(H,26,30). The lowest BCUT2D eigenvalue weighted by Gasteiger charge is -2.34. The highest BCUT2D eigenvalue weighted by Gasteiger charge is 2.23. The van der Waals surface area contributed by atoms with Gasteiger partial charge >= 0.3 is 0 Å². The number of anilines is 1. The number of aryl methyl sites for hydroxylation is 3. The molecule has 0 bridgehead atoms. The van der Waals surface area contributed by atoms with Crippen molar-refractivity contribution in [2.24, 2.45) is 0 Å². The Morgan fingerprint density at radius 2 is 1.48 bits per heavy atom. The van der Waals surface area contributed by atoms with E-state index < -0.39 is 0 Å². The topological polar surface area (TPSA) is 69.7 Å². The molecule has 0 spiro atoms. The van der Waals surface area contributed by atoms with E-state index in [0.717, 1.165) is 22.4 Å². The largest absolute Gasteiger partial charge is 0.340 e. The Labute approximate surface area is 184 Å². The van der Waals surface area contributed by atoms with Crippen LogP contribution in [0.25, 0.3) is 0 Å². The van der Waals surface area contributed by atoms with Crippen LogP contribution in [-0.4, -0.2) is 60.1 Å². The lowest BCUT2D eigenvalue weighted by Crippen LogP contribution is -2.50. The number of carbonyl (C=O) groups is 3. The van der Waals surface area contributed by atoms with Gasteiger partial charge in [-0.1, -0.05) is 35.4 Å². The van der Waals surface area contributed by atoms with E-state index in [1.807, 2.05) is 63.2 Å². The summed E-state index contributed by atoms with van der Waals surface area (Å²) in [5, 5.41) is 2.91. The van der Waals surface area contributed by atoms with Gasteiger partial charge in [-0.05, 0) is 44.5 Å². The third-order valence-corrected chi connectivity index (χ3v) is 5.69. The second-order valence-electron chi connectivity index (χ2n) is 8.31. The van der Waals surface area contributed by atoms with Crippen LogP contribution < -0.4 is 5.32 Å². The first-order chi connectivity index (χ1) is 14.8. The first kappa shape index (κ1) is 22.7. The molecular formula is C25H31N3O3. The van der Waals surface area contributed by atoms with Gasteiger partial charge in [0.05, 0.1) is 6.54 Å². The summed E-state index contributed by atoms with van der Waals surface area (Å²) in [5.74, 6) is -0.0360. The molecule has 0 aliphatic carbocycles. The number of ketones is 1. The van der Waals surface area contributed by atoms with E-state index in [0.29, 0.717) is 38.3 Å². The fourth-order valence-electron chi connectivity index (χ4n) is 3.75. The second kappa shape index (κ2) is 10.4. The average Bonchev–Trinajstić information content (AvgIpc) is 2.75. The minimum Gasteiger partial charge on any atom is -0.340 e. The molecule has 1 fully saturated rings. The van der Waals surface area contributed by atoms with Crippen LogP contribution in [-0.2, 0) is 9.59 Å². The molecule has 3 rings (SSSR count). The van der Waals surface area contributed by atoms with E-state index in [1.54, 1.807) is 4.90 Å². The summed E-state index contributed by atoms with van der Waals surface area (Å²) in [5.41, 5.74) is 4.63. The van der Waals surface area contributed by atoms with Crippen LogP contribution in [0.1, 0.15) is 39.9 Å². The van der Waals surface area contributed by atoms with Gasteiger partial charge in [-0.3, -0.25) is 19.3 Å². The summed E-state index contributed by atoms with van der Waals surface area (Å²) < 4.78 is 0. The molecule has 2 amide bonds. The molecule has 2 aromatic rings. The molecule has 1 aliphatic heterocycles. The van der Waals surface area contributed by atoms with Gasteiger partial charge in [0, 0.05) is 50.3 Å². The zero-order valence-corrected chi connectivity index (χ0v) is 18.6. The van der Waals surface area contributed by atoms with Gasteiger partial charge in [-0.25, -0.2) is 0 Å². The maximum atomic E-state index is 12.6. The van der Waals surface area contributed by atoms with E-state index in [-0.39, 0.29) is 30.4 Å². The Morgan fingerprint density at radius 3 is 2.16 bits per heavy atom. The van der Waals surface area contributed by atoms with Crippen LogP contribution in [0.2, 0.25) is 0 Å². The molecule has 0 radical (unpaired) electrons. The molecule has 0 aromatic heterocycles. The second-order valence-corrected chi connectivity index (χ2v) is 8.31. The molecule has 31 heavy (non-hydrogen) atoms. The molecular weight excluding hydrogens is 390 g/mol. The summed E-state index contributed by atoms with van der Waals surface area (Å²) in [6.45, 7) is 8.65. The molecule has 6 heteroatoms. The molecule has 1 N–H and O–H groups in total.